The zero-order valence-electron chi connectivity index (χ0n) is 21.1. The van der Waals surface area contributed by atoms with Crippen LogP contribution in [0, 0.1) is 0 Å². The Morgan fingerprint density at radius 2 is 1.56 bits per heavy atom. The highest BCUT2D eigenvalue weighted by Gasteiger charge is 2.44. The molecule has 1 aliphatic carbocycles. The van der Waals surface area contributed by atoms with Gasteiger partial charge in [-0.15, -0.1) is 0 Å². The highest BCUT2D eigenvalue weighted by atomic mass is 16.7. The molecule has 32 heavy (non-hydrogen) atoms. The quantitative estimate of drug-likeness (QED) is 0.236. The average molecular weight is 460 g/mol. The molecule has 0 saturated carbocycles. The number of methoxy groups -OCH3 is 2. The van der Waals surface area contributed by atoms with Gasteiger partial charge in [0, 0.05) is 20.8 Å². The fourth-order valence-corrected chi connectivity index (χ4v) is 3.78. The van der Waals surface area contributed by atoms with Crippen molar-refractivity contribution in [2.45, 2.75) is 103 Å². The summed E-state index contributed by atoms with van der Waals surface area (Å²) in [5.74, 6) is 0. The first-order valence-electron chi connectivity index (χ1n) is 11.7. The van der Waals surface area contributed by atoms with E-state index in [9.17, 15) is 9.90 Å². The minimum absolute atomic E-state index is 0.00155. The topological polar surface area (TPSA) is 86.7 Å². The van der Waals surface area contributed by atoms with E-state index in [1.165, 1.54) is 33.5 Å². The van der Waals surface area contributed by atoms with Crippen LogP contribution in [0.15, 0.2) is 11.6 Å². The van der Waals surface area contributed by atoms with Gasteiger partial charge < -0.3 is 28.8 Å². The molecule has 1 rings (SSSR count). The third-order valence-corrected chi connectivity index (χ3v) is 5.37. The number of aliphatic hydroxyl groups excluding tert-OH is 1. The fourth-order valence-electron chi connectivity index (χ4n) is 3.78. The predicted octanol–water partition coefficient (Wildman–Crippen LogP) is 4.25. The molecule has 0 heterocycles. The average Bonchev–Trinajstić information content (AvgIpc) is 2.72. The van der Waals surface area contributed by atoms with Gasteiger partial charge in [-0.25, -0.2) is 4.79 Å². The number of ether oxygens (including phenoxy) is 5. The van der Waals surface area contributed by atoms with Crippen molar-refractivity contribution in [3.8, 4) is 0 Å². The normalized spacial score (nSPS) is 23.7. The Morgan fingerprint density at radius 1 is 1.00 bits per heavy atom. The van der Waals surface area contributed by atoms with E-state index in [0.29, 0.717) is 12.1 Å². The molecule has 0 aliphatic heterocycles. The zero-order chi connectivity index (χ0) is 24.1. The van der Waals surface area contributed by atoms with Gasteiger partial charge in [0.1, 0.15) is 37.5 Å². The minimum Gasteiger partial charge on any atom is -0.444 e. The van der Waals surface area contributed by atoms with E-state index in [1.54, 1.807) is 4.90 Å². The summed E-state index contributed by atoms with van der Waals surface area (Å²) in [5.41, 5.74) is 0.0861. The van der Waals surface area contributed by atoms with E-state index in [1.807, 2.05) is 33.8 Å². The summed E-state index contributed by atoms with van der Waals surface area (Å²) in [4.78, 5) is 14.9. The van der Waals surface area contributed by atoms with Crippen LogP contribution in [-0.4, -0.2) is 80.4 Å². The van der Waals surface area contributed by atoms with Gasteiger partial charge in [0.15, 0.2) is 0 Å². The summed E-state index contributed by atoms with van der Waals surface area (Å²) in [5, 5.41) is 10.8. The van der Waals surface area contributed by atoms with E-state index in [0.717, 1.165) is 19.3 Å². The summed E-state index contributed by atoms with van der Waals surface area (Å²) >= 11 is 0. The first-order valence-corrected chi connectivity index (χ1v) is 11.7. The maximum Gasteiger partial charge on any atom is 0.410 e. The largest absolute Gasteiger partial charge is 0.444 e. The van der Waals surface area contributed by atoms with Crippen molar-refractivity contribution in [3.63, 3.8) is 0 Å². The van der Waals surface area contributed by atoms with Crippen molar-refractivity contribution >= 4 is 6.09 Å². The van der Waals surface area contributed by atoms with Crippen molar-refractivity contribution in [1.29, 1.82) is 0 Å². The van der Waals surface area contributed by atoms with Crippen LogP contribution in [0.3, 0.4) is 0 Å². The number of aliphatic hydroxyl groups is 1. The van der Waals surface area contributed by atoms with E-state index >= 15 is 0 Å². The molecule has 0 bridgehead atoms. The molecule has 0 spiro atoms. The third-order valence-electron chi connectivity index (χ3n) is 5.37. The van der Waals surface area contributed by atoms with E-state index < -0.39 is 36.0 Å². The van der Waals surface area contributed by atoms with Crippen LogP contribution < -0.4 is 0 Å². The summed E-state index contributed by atoms with van der Waals surface area (Å²) in [6, 6.07) is -0.471. The SMILES string of the molecule is CCCCCCCCN(C(=O)OC(C)(C)C)[C@@H]1C=C(C)[C@H](O)C(OCOC)C1OCOC. The number of carbonyl (C=O) groups is 1. The minimum atomic E-state index is -0.877. The smallest absolute Gasteiger partial charge is 0.410 e. The van der Waals surface area contributed by atoms with Crippen molar-refractivity contribution in [3.05, 3.63) is 11.6 Å². The van der Waals surface area contributed by atoms with Crippen LogP contribution in [0.5, 0.6) is 0 Å². The van der Waals surface area contributed by atoms with Gasteiger partial charge in [-0.05, 0) is 39.7 Å². The molecule has 0 aromatic heterocycles. The lowest BCUT2D eigenvalue weighted by Crippen LogP contribution is -2.59. The van der Waals surface area contributed by atoms with Gasteiger partial charge in [0.05, 0.1) is 6.04 Å². The number of hydrogen-bond donors (Lipinski definition) is 1. The van der Waals surface area contributed by atoms with Crippen LogP contribution in [0.2, 0.25) is 0 Å². The van der Waals surface area contributed by atoms with Gasteiger partial charge in [-0.2, -0.15) is 0 Å². The summed E-state index contributed by atoms with van der Waals surface area (Å²) in [7, 11) is 3.05. The van der Waals surface area contributed by atoms with Crippen molar-refractivity contribution in [1.82, 2.24) is 4.90 Å². The molecule has 0 fully saturated rings. The number of amides is 1. The molecule has 0 aromatic carbocycles. The molecular weight excluding hydrogens is 414 g/mol. The van der Waals surface area contributed by atoms with Gasteiger partial charge in [-0.3, -0.25) is 4.90 Å². The van der Waals surface area contributed by atoms with Gasteiger partial charge >= 0.3 is 6.09 Å². The Morgan fingerprint density at radius 3 is 2.12 bits per heavy atom. The monoisotopic (exact) mass is 459 g/mol. The van der Waals surface area contributed by atoms with Crippen molar-refractivity contribution < 1.29 is 33.6 Å². The second-order valence-corrected chi connectivity index (χ2v) is 9.36. The standard InChI is InChI=1S/C24H45NO7/c1-8-9-10-11-12-13-14-25(23(27)32-24(3,4)5)19-15-18(2)20(26)22(31-17-29-7)21(19)30-16-28-6/h15,19-22,26H,8-14,16-17H2,1-7H3/t19-,20+,21?,22?/m1/s1. The zero-order valence-corrected chi connectivity index (χ0v) is 21.1. The molecule has 0 radical (unpaired) electrons. The third kappa shape index (κ3) is 9.75. The Hall–Kier alpha value is -1.19. The maximum absolute atomic E-state index is 13.2. The van der Waals surface area contributed by atoms with Crippen LogP contribution in [-0.2, 0) is 23.7 Å². The van der Waals surface area contributed by atoms with E-state index in [4.69, 9.17) is 23.7 Å². The van der Waals surface area contributed by atoms with Crippen molar-refractivity contribution in [2.75, 3.05) is 34.4 Å². The molecule has 1 amide bonds. The molecule has 2 unspecified atom stereocenters. The summed E-state index contributed by atoms with van der Waals surface area (Å²) in [6.07, 6.45) is 5.88. The Bertz CT molecular complexity index is 561. The van der Waals surface area contributed by atoms with Crippen LogP contribution >= 0.6 is 0 Å². The van der Waals surface area contributed by atoms with E-state index in [2.05, 4.69) is 6.92 Å². The second-order valence-electron chi connectivity index (χ2n) is 9.36. The molecule has 188 valence electrons. The molecule has 0 aromatic rings. The number of hydrogen-bond acceptors (Lipinski definition) is 7. The van der Waals surface area contributed by atoms with E-state index in [-0.39, 0.29) is 13.6 Å². The van der Waals surface area contributed by atoms with Crippen LogP contribution in [0.25, 0.3) is 0 Å². The second kappa shape index (κ2) is 14.9. The lowest BCUT2D eigenvalue weighted by molar-refractivity contribution is -0.194. The molecule has 1 aliphatic rings. The fraction of sp³-hybridized carbons (Fsp3) is 0.875. The number of rotatable bonds is 14. The summed E-state index contributed by atoms with van der Waals surface area (Å²) < 4.78 is 27.6. The first kappa shape index (κ1) is 28.8. The Balaban J connectivity index is 3.13. The van der Waals surface area contributed by atoms with Gasteiger partial charge in [-0.1, -0.05) is 45.1 Å². The Kier molecular flexibility index (Phi) is 13.4. The van der Waals surface area contributed by atoms with Gasteiger partial charge in [0.2, 0.25) is 0 Å². The lowest BCUT2D eigenvalue weighted by Gasteiger charge is -2.43. The highest BCUT2D eigenvalue weighted by Crippen LogP contribution is 2.29. The molecule has 4 atom stereocenters. The number of carbonyl (C=O) groups excluding carboxylic acids is 1. The molecular formula is C24H45NO7. The highest BCUT2D eigenvalue weighted by molar-refractivity contribution is 5.69. The molecule has 8 heteroatoms. The predicted molar refractivity (Wildman–Crippen MR) is 123 cm³/mol. The molecule has 8 nitrogen and oxygen atoms in total. The Labute approximate surface area is 194 Å². The van der Waals surface area contributed by atoms with Crippen LogP contribution in [0.1, 0.15) is 73.1 Å². The molecule has 0 saturated heterocycles. The molecule has 1 N–H and O–H groups in total. The number of unbranched alkanes of at least 4 members (excludes halogenated alkanes) is 5. The van der Waals surface area contributed by atoms with Crippen molar-refractivity contribution in [2.24, 2.45) is 0 Å². The maximum atomic E-state index is 13.2. The lowest BCUT2D eigenvalue weighted by atomic mass is 9.87. The number of nitrogens with zero attached hydrogens (tertiary/aromatic N) is 1. The van der Waals surface area contributed by atoms with Gasteiger partial charge in [0.25, 0.3) is 0 Å². The summed E-state index contributed by atoms with van der Waals surface area (Å²) in [6.45, 7) is 10.1. The first-order chi connectivity index (χ1) is 15.2. The van der Waals surface area contributed by atoms with Crippen LogP contribution in [0.4, 0.5) is 4.79 Å².